The number of ether oxygens (including phenoxy) is 2. The minimum atomic E-state index is -1.20. The Hall–Kier alpha value is -3.57. The van der Waals surface area contributed by atoms with Crippen LogP contribution in [0.5, 0.6) is 0 Å². The van der Waals surface area contributed by atoms with Crippen LogP contribution in [0.2, 0.25) is 5.02 Å². The molecule has 9 nitrogen and oxygen atoms in total. The van der Waals surface area contributed by atoms with Gasteiger partial charge in [-0.05, 0) is 49.4 Å². The van der Waals surface area contributed by atoms with Crippen LogP contribution in [-0.2, 0) is 32.5 Å². The number of para-hydroxylation sites is 1. The molecule has 1 N–H and O–H groups in total. The number of anilines is 1. The second-order valence-electron chi connectivity index (χ2n) is 10.9. The van der Waals surface area contributed by atoms with Gasteiger partial charge in [0.05, 0.1) is 61.0 Å². The summed E-state index contributed by atoms with van der Waals surface area (Å²) in [6.45, 7) is 0.0690. The first-order chi connectivity index (χ1) is 20.1. The summed E-state index contributed by atoms with van der Waals surface area (Å²) in [4.78, 5) is 39.3. The van der Waals surface area contributed by atoms with Crippen LogP contribution in [0.1, 0.15) is 48.2 Å². The topological polar surface area (TPSA) is 103 Å². The predicted molar refractivity (Wildman–Crippen MR) is 153 cm³/mol. The number of amides is 2. The minimum Gasteiger partial charge on any atom is -0.469 e. The van der Waals surface area contributed by atoms with E-state index in [9.17, 15) is 18.8 Å². The zero-order valence-electron chi connectivity index (χ0n) is 23.4. The molecule has 0 bridgehead atoms. The van der Waals surface area contributed by atoms with E-state index in [1.807, 2.05) is 12.1 Å². The highest BCUT2D eigenvalue weighted by Crippen LogP contribution is 2.31. The van der Waals surface area contributed by atoms with Gasteiger partial charge in [0.1, 0.15) is 12.0 Å². The molecule has 0 unspecified atom stereocenters. The molecule has 2 fully saturated rings. The lowest BCUT2D eigenvalue weighted by Gasteiger charge is -2.30. The van der Waals surface area contributed by atoms with Crippen LogP contribution in [-0.4, -0.2) is 71.0 Å². The van der Waals surface area contributed by atoms with Gasteiger partial charge in [0.25, 0.3) is 5.91 Å². The molecule has 5 rings (SSSR count). The van der Waals surface area contributed by atoms with Gasteiger partial charge in [-0.25, -0.2) is 8.78 Å². The molecule has 1 aliphatic carbocycles. The number of carbonyl (C=O) groups excluding carboxylic acids is 3. The zero-order chi connectivity index (χ0) is 30.0. The van der Waals surface area contributed by atoms with E-state index in [0.29, 0.717) is 31.1 Å². The Balaban J connectivity index is 1.20. The normalized spacial score (nSPS) is 22.4. The van der Waals surface area contributed by atoms with E-state index in [1.165, 1.54) is 18.1 Å². The van der Waals surface area contributed by atoms with Crippen LogP contribution in [0, 0.1) is 11.7 Å². The summed E-state index contributed by atoms with van der Waals surface area (Å²) in [7, 11) is 3.10. The highest BCUT2D eigenvalue weighted by atomic mass is 35.5. The summed E-state index contributed by atoms with van der Waals surface area (Å²) in [5, 5.41) is 7.57. The summed E-state index contributed by atoms with van der Waals surface area (Å²) in [5.74, 6) is -2.06. The number of nitrogens with one attached hydrogen (secondary N) is 1. The second kappa shape index (κ2) is 12.7. The fraction of sp³-hybridized carbons (Fsp3) is 0.467. The first-order valence-corrected chi connectivity index (χ1v) is 14.4. The number of aromatic nitrogens is 2. The number of methoxy groups -OCH3 is 1. The summed E-state index contributed by atoms with van der Waals surface area (Å²) in [6.07, 6.45) is 1.22. The Morgan fingerprint density at radius 2 is 1.88 bits per heavy atom. The number of hydrogen-bond donors (Lipinski definition) is 1. The molecule has 1 saturated heterocycles. The lowest BCUT2D eigenvalue weighted by molar-refractivity contribution is -0.148. The molecule has 1 saturated carbocycles. The van der Waals surface area contributed by atoms with Gasteiger partial charge in [-0.3, -0.25) is 19.1 Å². The van der Waals surface area contributed by atoms with Crippen molar-refractivity contribution in [2.24, 2.45) is 13.0 Å². The maximum absolute atomic E-state index is 15.1. The standard InChI is InChI=1S/C30H33ClF2N4O5/c1-36-26-6-4-3-5-22(26)28(35-36)29(39)34-25-14-24(33)18(11-23(25)31)12-27(38)37-15-19(32)13-20(37)16-42-21-9-7-17(8-10-21)30(40)41-2/h3-6,11,14,17,19-21H,7-10,12-13,15-16H2,1-2H3,(H,34,39)/t17?,19-,20-,21?/m0/s1. The number of hydrogen-bond acceptors (Lipinski definition) is 6. The summed E-state index contributed by atoms with van der Waals surface area (Å²) in [6, 6.07) is 9.12. The van der Waals surface area contributed by atoms with Gasteiger partial charge in [-0.1, -0.05) is 29.8 Å². The van der Waals surface area contributed by atoms with E-state index >= 15 is 4.39 Å². The van der Waals surface area contributed by atoms with Crippen LogP contribution < -0.4 is 5.32 Å². The summed E-state index contributed by atoms with van der Waals surface area (Å²) < 4.78 is 41.9. The number of halogens is 3. The quantitative estimate of drug-likeness (QED) is 0.370. The fourth-order valence-corrected chi connectivity index (χ4v) is 6.08. The number of alkyl halides is 1. The summed E-state index contributed by atoms with van der Waals surface area (Å²) in [5.41, 5.74) is 1.02. The number of carbonyl (C=O) groups is 3. The first kappa shape index (κ1) is 29.9. The number of esters is 1. The average molecular weight is 603 g/mol. The number of nitrogens with zero attached hydrogens (tertiary/aromatic N) is 3. The molecule has 0 radical (unpaired) electrons. The van der Waals surface area contributed by atoms with Crippen molar-refractivity contribution < 1.29 is 32.6 Å². The van der Waals surface area contributed by atoms with Gasteiger partial charge >= 0.3 is 5.97 Å². The Kier molecular flexibility index (Phi) is 9.08. The van der Waals surface area contributed by atoms with Crippen molar-refractivity contribution in [3.63, 3.8) is 0 Å². The zero-order valence-corrected chi connectivity index (χ0v) is 24.2. The van der Waals surface area contributed by atoms with Crippen molar-refractivity contribution in [1.29, 1.82) is 0 Å². The van der Waals surface area contributed by atoms with Gasteiger partial charge in [-0.2, -0.15) is 5.10 Å². The van der Waals surface area contributed by atoms with Crippen LogP contribution in [0.15, 0.2) is 36.4 Å². The van der Waals surface area contributed by atoms with E-state index < -0.39 is 29.8 Å². The monoisotopic (exact) mass is 602 g/mol. The molecular weight excluding hydrogens is 570 g/mol. The lowest BCUT2D eigenvalue weighted by atomic mass is 9.87. The number of benzene rings is 2. The van der Waals surface area contributed by atoms with E-state index in [0.717, 1.165) is 11.6 Å². The van der Waals surface area contributed by atoms with Gasteiger partial charge in [0, 0.05) is 18.9 Å². The third kappa shape index (κ3) is 6.42. The number of rotatable bonds is 8. The van der Waals surface area contributed by atoms with Crippen molar-refractivity contribution >= 4 is 46.0 Å². The maximum atomic E-state index is 15.1. The van der Waals surface area contributed by atoms with Gasteiger partial charge in [0.2, 0.25) is 5.91 Å². The Morgan fingerprint density at radius 3 is 2.62 bits per heavy atom. The van der Waals surface area contributed by atoms with Crippen molar-refractivity contribution in [2.75, 3.05) is 25.6 Å². The Labute approximate surface area is 247 Å². The van der Waals surface area contributed by atoms with E-state index in [-0.39, 0.29) is 66.0 Å². The number of likely N-dealkylation sites (tertiary alicyclic amines) is 1. The molecule has 2 aromatic carbocycles. The highest BCUT2D eigenvalue weighted by molar-refractivity contribution is 6.34. The molecule has 2 heterocycles. The molecule has 2 amide bonds. The first-order valence-electron chi connectivity index (χ1n) is 14.0. The fourth-order valence-electron chi connectivity index (χ4n) is 5.85. The molecule has 0 spiro atoms. The van der Waals surface area contributed by atoms with Gasteiger partial charge < -0.3 is 19.7 Å². The third-order valence-electron chi connectivity index (χ3n) is 8.12. The lowest BCUT2D eigenvalue weighted by Crippen LogP contribution is -2.40. The minimum absolute atomic E-state index is 0.0365. The van der Waals surface area contributed by atoms with Crippen LogP contribution >= 0.6 is 11.6 Å². The second-order valence-corrected chi connectivity index (χ2v) is 11.3. The number of aryl methyl sites for hydroxylation is 1. The molecule has 3 aromatic rings. The van der Waals surface area contributed by atoms with E-state index in [1.54, 1.807) is 23.9 Å². The van der Waals surface area contributed by atoms with Crippen molar-refractivity contribution in [3.05, 3.63) is 58.5 Å². The van der Waals surface area contributed by atoms with Crippen molar-refractivity contribution in [1.82, 2.24) is 14.7 Å². The predicted octanol–water partition coefficient (Wildman–Crippen LogP) is 4.85. The van der Waals surface area contributed by atoms with Crippen LogP contribution in [0.4, 0.5) is 14.5 Å². The molecule has 12 heteroatoms. The molecule has 42 heavy (non-hydrogen) atoms. The van der Waals surface area contributed by atoms with E-state index in [4.69, 9.17) is 21.1 Å². The molecule has 2 aliphatic rings. The molecule has 1 aliphatic heterocycles. The summed E-state index contributed by atoms with van der Waals surface area (Å²) >= 11 is 6.39. The Bertz CT molecular complexity index is 1490. The van der Waals surface area contributed by atoms with E-state index in [2.05, 4.69) is 10.4 Å². The molecule has 1 aromatic heterocycles. The average Bonchev–Trinajstić information content (AvgIpc) is 3.53. The molecule has 2 atom stereocenters. The third-order valence-corrected chi connectivity index (χ3v) is 8.43. The largest absolute Gasteiger partial charge is 0.469 e. The maximum Gasteiger partial charge on any atom is 0.308 e. The number of fused-ring (bicyclic) bond motifs is 1. The highest BCUT2D eigenvalue weighted by Gasteiger charge is 2.37. The molecular formula is C30H33ClF2N4O5. The van der Waals surface area contributed by atoms with Crippen molar-refractivity contribution in [2.45, 2.75) is 56.8 Å². The van der Waals surface area contributed by atoms with Crippen LogP contribution in [0.3, 0.4) is 0 Å². The van der Waals surface area contributed by atoms with Gasteiger partial charge in [-0.15, -0.1) is 0 Å². The van der Waals surface area contributed by atoms with Gasteiger partial charge in [0.15, 0.2) is 5.69 Å². The SMILES string of the molecule is COC(=O)C1CCC(OC[C@@H]2C[C@H](F)CN2C(=O)Cc2cc(Cl)c(NC(=O)c3nn(C)c4ccccc34)cc2F)CC1. The molecule has 224 valence electrons. The Morgan fingerprint density at radius 1 is 1.14 bits per heavy atom. The van der Waals surface area contributed by atoms with Crippen molar-refractivity contribution in [3.8, 4) is 0 Å². The van der Waals surface area contributed by atoms with Crippen LogP contribution in [0.25, 0.3) is 10.9 Å². The smallest absolute Gasteiger partial charge is 0.308 e.